The molecule has 0 unspecified atom stereocenters. The van der Waals surface area contributed by atoms with Crippen molar-refractivity contribution in [3.63, 3.8) is 0 Å². The monoisotopic (exact) mass is 1690 g/mol. The average Bonchev–Trinajstić information content (AvgIpc) is 3.16. The summed E-state index contributed by atoms with van der Waals surface area (Å²) >= 11 is 0. The van der Waals surface area contributed by atoms with Crippen LogP contribution in [-0.4, -0.2) is 61.1 Å². The van der Waals surface area contributed by atoms with Crippen LogP contribution < -0.4 is 16.0 Å². The molecule has 0 saturated heterocycles. The predicted molar refractivity (Wildman–Crippen MR) is 385 cm³/mol. The quantitative estimate of drug-likeness (QED) is 0.0380. The molecule has 0 heterocycles. The maximum absolute atomic E-state index is 9.03. The van der Waals surface area contributed by atoms with Gasteiger partial charge in [-0.15, -0.1) is 0 Å². The summed E-state index contributed by atoms with van der Waals surface area (Å²) in [5, 5.41) is 40.9. The molecule has 7 N–H and O–H groups in total. The van der Waals surface area contributed by atoms with Gasteiger partial charge in [-0.3, -0.25) is 0 Å². The Kier molecular flexibility index (Phi) is 50.4. The number of hydrogen-bond donors (Lipinski definition) is 7. The average molecular weight is 1690 g/mol. The fraction of sp³-hybridized carbons (Fsp3) is 0.415. The van der Waals surface area contributed by atoms with Crippen molar-refractivity contribution in [2.75, 3.05) is 21.1 Å². The number of phenolic OH excluding ortho intramolecular Hbond substituents is 4. The Morgan fingerprint density at radius 1 is 0.286 bits per heavy atom. The number of benzene rings is 8. The predicted octanol–water partition coefficient (Wildman–Crippen LogP) is 19.0. The number of rotatable bonds is 20. The first-order chi connectivity index (χ1) is 42.8. The van der Waals surface area contributed by atoms with Gasteiger partial charge in [0.15, 0.2) is 0 Å². The van der Waals surface area contributed by atoms with E-state index in [1.807, 2.05) is 106 Å². The molecule has 8 aromatic carbocycles. The van der Waals surface area contributed by atoms with Crippen molar-refractivity contribution >= 4 is 0 Å². The molecular weight excluding hydrogens is 1570 g/mol. The third-order valence-corrected chi connectivity index (χ3v) is 13.9. The van der Waals surface area contributed by atoms with E-state index in [9.17, 15) is 0 Å². The summed E-state index contributed by atoms with van der Waals surface area (Å²) in [4.78, 5) is 0. The summed E-state index contributed by atoms with van der Waals surface area (Å²) in [5.74, 6) is 5.17. The SMILES string of the molecule is CC(C)Cc1cc[c-]cc1.CC(C)Cc1ccc(O)cc1.CC(C)Cc1ccc(O)cc1.CN[C@H](C)Cc1cc[c-]cc1.CN[C@H](C)Cc1ccc(C)cc1.CN[C@H](C)Cc1ccc(O)cc1.Cc1ccc(CC(C)C)cc1.[3H]Oc1ccc(CC(C)C)cc1.[U].[U]. The molecule has 0 aromatic heterocycles. The Morgan fingerprint density at radius 2 is 0.462 bits per heavy atom. The second-order valence-corrected chi connectivity index (χ2v) is 25.6. The van der Waals surface area contributed by atoms with E-state index in [-0.39, 0.29) is 62.2 Å². The molecule has 0 radical (unpaired) electrons. The maximum Gasteiger partial charge on any atom is 0.293 e. The molecule has 8 aromatic rings. The van der Waals surface area contributed by atoms with Crippen LogP contribution in [0.4, 0.5) is 0 Å². The number of phenols is 4. The van der Waals surface area contributed by atoms with Crippen molar-refractivity contribution < 1.29 is 82.7 Å². The van der Waals surface area contributed by atoms with Crippen molar-refractivity contribution in [3.05, 3.63) is 262 Å². The van der Waals surface area contributed by atoms with Gasteiger partial charge in [-0.1, -0.05) is 177 Å². The van der Waals surface area contributed by atoms with Gasteiger partial charge in [-0.2, -0.15) is 71.8 Å². The van der Waals surface area contributed by atoms with Gasteiger partial charge in [0, 0.05) is 80.4 Å². The number of likely N-dealkylation sites (N-methyl/N-ethyl adjacent to an activating group) is 3. The number of nitrogens with one attached hydrogen (secondary N) is 3. The third kappa shape index (κ3) is 49.2. The first-order valence-electron chi connectivity index (χ1n) is 32.8. The molecular formula is C82H117N3O4U2-2. The van der Waals surface area contributed by atoms with Crippen LogP contribution in [0.25, 0.3) is 0 Å². The molecule has 494 valence electrons. The third-order valence-electron chi connectivity index (χ3n) is 13.9. The molecule has 91 heavy (non-hydrogen) atoms. The minimum atomic E-state index is 0. The topological polar surface area (TPSA) is 117 Å². The van der Waals surface area contributed by atoms with Crippen molar-refractivity contribution in [2.45, 2.75) is 173 Å². The van der Waals surface area contributed by atoms with Crippen LogP contribution in [0.1, 0.15) is 146 Å². The summed E-state index contributed by atoms with van der Waals surface area (Å²) in [6, 6.07) is 71.2. The van der Waals surface area contributed by atoms with E-state index in [1.165, 1.54) is 68.5 Å². The zero-order valence-corrected chi connectivity index (χ0v) is 67.3. The van der Waals surface area contributed by atoms with Crippen LogP contribution >= 0.6 is 0 Å². The molecule has 0 fully saturated rings. The molecule has 7 nitrogen and oxygen atoms in total. The molecule has 0 aliphatic carbocycles. The van der Waals surface area contributed by atoms with Gasteiger partial charge in [0.2, 0.25) is 0 Å². The van der Waals surface area contributed by atoms with E-state index >= 15 is 0 Å². The Labute approximate surface area is 603 Å². The maximum atomic E-state index is 9.03. The van der Waals surface area contributed by atoms with E-state index < -0.39 is 0 Å². The first kappa shape index (κ1) is 85.9. The van der Waals surface area contributed by atoms with E-state index in [4.69, 9.17) is 16.8 Å². The van der Waals surface area contributed by atoms with Crippen LogP contribution in [-0.2, 0) is 51.4 Å². The van der Waals surface area contributed by atoms with Crippen LogP contribution in [0.3, 0.4) is 0 Å². The van der Waals surface area contributed by atoms with E-state index in [0.29, 0.717) is 58.9 Å². The first-order valence-corrected chi connectivity index (χ1v) is 32.4. The largest absolute Gasteiger partial charge is 0.508 e. The van der Waals surface area contributed by atoms with Crippen LogP contribution in [0.5, 0.6) is 23.0 Å². The number of aryl methyl sites for hydroxylation is 2. The summed E-state index contributed by atoms with van der Waals surface area (Å²) in [6.07, 6.45) is 8.81. The fourth-order valence-corrected chi connectivity index (χ4v) is 8.81. The molecule has 8 rings (SSSR count). The molecule has 0 aliphatic heterocycles. The standard InChI is InChI=1S/C11H17N.C11H16.C10H15NO.C10H14N.3C10H14O.C10H13.2U/c1-9-4-6-11(7-5-9)8-10(2)12-3;1-9(2)8-11-6-4-10(3)5-7-11;1-8(11-2)7-9-3-5-10(12)6-4-9;1-9(11-2)8-10-6-4-3-5-7-10;3*1-8(2)7-9-3-5-10(11)6-4-9;1-9(2)8-10-6-4-3-5-7-10;;/h4-7,10,12H,8H2,1-3H3;4-7,9H,8H2,1-3H3;3-6,8,11-12H,7H2,1-2H3;4-7,9,11H,8H2,1-2H3;3*3-6,8,11H,7H2,1-2H3;4-7,9H,8H2,1-2H3;;/q;;;-1;;;;-1;;/t10-;;8-;9-;;;;;;/m1.11....../s1/i/hT. The minimum absolute atomic E-state index is 0. The van der Waals surface area contributed by atoms with Crippen molar-refractivity contribution in [1.82, 2.24) is 16.0 Å². The zero-order chi connectivity index (χ0) is 67.2. The van der Waals surface area contributed by atoms with Crippen molar-refractivity contribution in [3.8, 4) is 23.0 Å². The van der Waals surface area contributed by atoms with Gasteiger partial charge in [-0.05, 0) is 219 Å². The Bertz CT molecular complexity index is 2750. The van der Waals surface area contributed by atoms with Gasteiger partial charge >= 0.3 is 0 Å². The summed E-state index contributed by atoms with van der Waals surface area (Å²) in [7, 11) is 5.93. The van der Waals surface area contributed by atoms with Gasteiger partial charge in [0.25, 0.3) is 1.43 Å². The summed E-state index contributed by atoms with van der Waals surface area (Å²) in [6.45, 7) is 32.8. The molecule has 3 atom stereocenters. The van der Waals surface area contributed by atoms with Gasteiger partial charge in [0.1, 0.15) is 23.0 Å². The van der Waals surface area contributed by atoms with Crippen LogP contribution in [0, 0.1) is 118 Å². The van der Waals surface area contributed by atoms with E-state index in [2.05, 4.69) is 210 Å². The Hall–Kier alpha value is -5.06. The van der Waals surface area contributed by atoms with E-state index in [0.717, 1.165) is 50.4 Å². The molecule has 9 heteroatoms. The second kappa shape index (κ2) is 53.3. The van der Waals surface area contributed by atoms with Gasteiger partial charge in [-0.25, -0.2) is 0 Å². The zero-order valence-electron chi connectivity index (χ0n) is 60.0. The summed E-state index contributed by atoms with van der Waals surface area (Å²) in [5.41, 5.74) is 13.4. The van der Waals surface area contributed by atoms with Crippen molar-refractivity contribution in [1.29, 1.82) is 1.43 Å². The molecule has 0 bridgehead atoms. The number of aromatic hydroxyl groups is 4. The molecule has 0 saturated carbocycles. The Morgan fingerprint density at radius 3 is 0.659 bits per heavy atom. The van der Waals surface area contributed by atoms with Crippen LogP contribution in [0.15, 0.2) is 194 Å². The molecule has 0 amide bonds. The van der Waals surface area contributed by atoms with Crippen LogP contribution in [0.2, 0.25) is 0 Å². The smallest absolute Gasteiger partial charge is 0.293 e. The van der Waals surface area contributed by atoms with Crippen molar-refractivity contribution in [2.24, 2.45) is 29.6 Å². The van der Waals surface area contributed by atoms with Gasteiger partial charge < -0.3 is 36.4 Å². The Balaban J connectivity index is 0. The molecule has 0 spiro atoms. The fourth-order valence-electron chi connectivity index (χ4n) is 8.81. The second-order valence-electron chi connectivity index (χ2n) is 25.6. The molecule has 0 aliphatic rings. The van der Waals surface area contributed by atoms with E-state index in [1.54, 1.807) is 36.4 Å². The minimum Gasteiger partial charge on any atom is -0.508 e. The normalized spacial score (nSPS) is 11.3. The summed E-state index contributed by atoms with van der Waals surface area (Å²) < 4.78 is 6.66. The van der Waals surface area contributed by atoms with Gasteiger partial charge in [0.05, 0.1) is 0 Å². The number of hydrogen-bond acceptors (Lipinski definition) is 7.